The van der Waals surface area contributed by atoms with Gasteiger partial charge in [0.05, 0.1) is 11.5 Å². The molecule has 2 aliphatic rings. The Balaban J connectivity index is 1.56. The molecule has 7 nitrogen and oxygen atoms in total. The summed E-state index contributed by atoms with van der Waals surface area (Å²) in [5.74, 6) is 0.334. The lowest BCUT2D eigenvalue weighted by atomic mass is 9.95. The first-order chi connectivity index (χ1) is 12.0. The highest BCUT2D eigenvalue weighted by Crippen LogP contribution is 2.32. The van der Waals surface area contributed by atoms with Crippen LogP contribution in [0.1, 0.15) is 31.2 Å². The number of hydrogen-bond donors (Lipinski definition) is 0. The average Bonchev–Trinajstić information content (AvgIpc) is 3.46. The lowest BCUT2D eigenvalue weighted by Crippen LogP contribution is -2.43. The molecule has 0 spiro atoms. The molecule has 0 N–H and O–H groups in total. The molecule has 1 aliphatic heterocycles. The summed E-state index contributed by atoms with van der Waals surface area (Å²) in [4.78, 5) is 38.9. The van der Waals surface area contributed by atoms with Crippen LogP contribution in [0.5, 0.6) is 0 Å². The largest absolute Gasteiger partial charge is 0.342 e. The van der Waals surface area contributed by atoms with Gasteiger partial charge >= 0.3 is 0 Å². The lowest BCUT2D eigenvalue weighted by Gasteiger charge is -2.33. The third kappa shape index (κ3) is 3.97. The van der Waals surface area contributed by atoms with E-state index in [-0.39, 0.29) is 35.9 Å². The van der Waals surface area contributed by atoms with Gasteiger partial charge in [-0.05, 0) is 25.7 Å². The van der Waals surface area contributed by atoms with E-state index in [0.29, 0.717) is 31.5 Å². The molecule has 0 atom stereocenters. The average molecular weight is 345 g/mol. The molecule has 1 saturated carbocycles. The first-order valence-electron chi connectivity index (χ1n) is 8.73. The third-order valence-electron chi connectivity index (χ3n) is 5.05. The van der Waals surface area contributed by atoms with Crippen LogP contribution >= 0.6 is 0 Å². The van der Waals surface area contributed by atoms with Gasteiger partial charge in [-0.3, -0.25) is 19.7 Å². The zero-order valence-electron chi connectivity index (χ0n) is 14.4. The molecule has 7 heteroatoms. The molecular weight excluding hydrogens is 322 g/mol. The van der Waals surface area contributed by atoms with Crippen molar-refractivity contribution < 1.29 is 14.5 Å². The van der Waals surface area contributed by atoms with Gasteiger partial charge in [-0.25, -0.2) is 0 Å². The molecule has 0 radical (unpaired) electrons. The van der Waals surface area contributed by atoms with Crippen LogP contribution < -0.4 is 0 Å². The second-order valence-corrected chi connectivity index (χ2v) is 6.95. The Morgan fingerprint density at radius 3 is 2.40 bits per heavy atom. The van der Waals surface area contributed by atoms with E-state index in [9.17, 15) is 19.7 Å². The first kappa shape index (κ1) is 17.4. The number of piperidine rings is 1. The molecule has 1 aromatic carbocycles. The number of nitro groups is 1. The van der Waals surface area contributed by atoms with E-state index in [1.807, 2.05) is 4.90 Å². The molecule has 134 valence electrons. The van der Waals surface area contributed by atoms with E-state index >= 15 is 0 Å². The highest BCUT2D eigenvalue weighted by atomic mass is 16.6. The SMILES string of the molecule is CN(Cc1ccccc1[N+](=O)[O-])C(=O)C1CCN(C(=O)C2CC2)CC1. The van der Waals surface area contributed by atoms with Crippen molar-refractivity contribution in [3.63, 3.8) is 0 Å². The molecule has 0 unspecified atom stereocenters. The summed E-state index contributed by atoms with van der Waals surface area (Å²) in [5.41, 5.74) is 0.566. The van der Waals surface area contributed by atoms with Crippen LogP contribution in [0.4, 0.5) is 5.69 Å². The van der Waals surface area contributed by atoms with Crippen molar-refractivity contribution in [2.75, 3.05) is 20.1 Å². The van der Waals surface area contributed by atoms with Gasteiger partial charge in [0.2, 0.25) is 11.8 Å². The number of benzene rings is 1. The van der Waals surface area contributed by atoms with Gasteiger partial charge in [0.1, 0.15) is 0 Å². The topological polar surface area (TPSA) is 83.8 Å². The van der Waals surface area contributed by atoms with Gasteiger partial charge in [0, 0.05) is 43.6 Å². The van der Waals surface area contributed by atoms with Crippen LogP contribution in [0.2, 0.25) is 0 Å². The molecular formula is C18H23N3O4. The maximum atomic E-state index is 12.7. The Hall–Kier alpha value is -2.44. The monoisotopic (exact) mass is 345 g/mol. The van der Waals surface area contributed by atoms with Gasteiger partial charge in [0.15, 0.2) is 0 Å². The molecule has 1 saturated heterocycles. The Morgan fingerprint density at radius 1 is 1.16 bits per heavy atom. The van der Waals surface area contributed by atoms with Gasteiger partial charge in [-0.1, -0.05) is 18.2 Å². The van der Waals surface area contributed by atoms with E-state index in [2.05, 4.69) is 0 Å². The molecule has 0 aromatic heterocycles. The Labute approximate surface area is 146 Å². The quantitative estimate of drug-likeness (QED) is 0.605. The zero-order chi connectivity index (χ0) is 18.0. The van der Waals surface area contributed by atoms with E-state index in [4.69, 9.17) is 0 Å². The van der Waals surface area contributed by atoms with E-state index < -0.39 is 4.92 Å². The van der Waals surface area contributed by atoms with Crippen LogP contribution in [0.15, 0.2) is 24.3 Å². The van der Waals surface area contributed by atoms with Crippen LogP contribution in [0.3, 0.4) is 0 Å². The molecule has 1 aliphatic carbocycles. The highest BCUT2D eigenvalue weighted by molar-refractivity contribution is 5.82. The minimum absolute atomic E-state index is 0.00308. The minimum atomic E-state index is -0.421. The standard InChI is InChI=1S/C18H23N3O4/c1-19(12-15-4-2-3-5-16(15)21(24)25)17(22)14-8-10-20(11-9-14)18(23)13-6-7-13/h2-5,13-14H,6-12H2,1H3. The maximum absolute atomic E-state index is 12.7. The van der Waals surface area contributed by atoms with Gasteiger partial charge in [-0.15, -0.1) is 0 Å². The van der Waals surface area contributed by atoms with E-state index in [0.717, 1.165) is 12.8 Å². The summed E-state index contributed by atoms with van der Waals surface area (Å²) >= 11 is 0. The van der Waals surface area contributed by atoms with E-state index in [1.54, 1.807) is 30.1 Å². The normalized spacial score (nSPS) is 18.0. The second-order valence-electron chi connectivity index (χ2n) is 6.95. The first-order valence-corrected chi connectivity index (χ1v) is 8.73. The second kappa shape index (κ2) is 7.21. The van der Waals surface area contributed by atoms with Crippen molar-refractivity contribution >= 4 is 17.5 Å². The van der Waals surface area contributed by atoms with Crippen LogP contribution in [0.25, 0.3) is 0 Å². The molecule has 3 rings (SSSR count). The molecule has 1 heterocycles. The summed E-state index contributed by atoms with van der Waals surface area (Å²) < 4.78 is 0. The van der Waals surface area contributed by atoms with Crippen molar-refractivity contribution in [3.05, 3.63) is 39.9 Å². The summed E-state index contributed by atoms with van der Waals surface area (Å²) in [6.45, 7) is 1.48. The fraction of sp³-hybridized carbons (Fsp3) is 0.556. The van der Waals surface area contributed by atoms with Crippen molar-refractivity contribution in [1.29, 1.82) is 0 Å². The lowest BCUT2D eigenvalue weighted by molar-refractivity contribution is -0.385. The van der Waals surface area contributed by atoms with Gasteiger partial charge in [-0.2, -0.15) is 0 Å². The van der Waals surface area contributed by atoms with Crippen LogP contribution in [0, 0.1) is 22.0 Å². The number of carbonyl (C=O) groups is 2. The number of para-hydroxylation sites is 1. The predicted molar refractivity (Wildman–Crippen MR) is 91.6 cm³/mol. The van der Waals surface area contributed by atoms with Crippen molar-refractivity contribution in [2.24, 2.45) is 11.8 Å². The Kier molecular flexibility index (Phi) is 5.01. The number of nitrogens with zero attached hydrogens (tertiary/aromatic N) is 3. The summed E-state index contributed by atoms with van der Waals surface area (Å²) in [6.07, 6.45) is 3.32. The van der Waals surface area contributed by atoms with E-state index in [1.165, 1.54) is 6.07 Å². The number of carbonyl (C=O) groups excluding carboxylic acids is 2. The summed E-state index contributed by atoms with van der Waals surface area (Å²) in [7, 11) is 1.68. The molecule has 2 amide bonds. The number of likely N-dealkylation sites (tertiary alicyclic amines) is 1. The van der Waals surface area contributed by atoms with Crippen LogP contribution in [-0.4, -0.2) is 46.7 Å². The Bertz CT molecular complexity index is 679. The number of amides is 2. The van der Waals surface area contributed by atoms with Crippen molar-refractivity contribution in [1.82, 2.24) is 9.80 Å². The Morgan fingerprint density at radius 2 is 1.80 bits per heavy atom. The van der Waals surface area contributed by atoms with Gasteiger partial charge in [0.25, 0.3) is 5.69 Å². The predicted octanol–water partition coefficient (Wildman–Crippen LogP) is 2.20. The smallest absolute Gasteiger partial charge is 0.274 e. The fourth-order valence-corrected chi connectivity index (χ4v) is 3.40. The van der Waals surface area contributed by atoms with Gasteiger partial charge < -0.3 is 9.80 Å². The summed E-state index contributed by atoms with van der Waals surface area (Å²) in [6, 6.07) is 6.49. The number of rotatable bonds is 5. The highest BCUT2D eigenvalue weighted by Gasteiger charge is 2.36. The molecule has 0 bridgehead atoms. The third-order valence-corrected chi connectivity index (χ3v) is 5.05. The fourth-order valence-electron chi connectivity index (χ4n) is 3.40. The summed E-state index contributed by atoms with van der Waals surface area (Å²) in [5, 5.41) is 11.1. The molecule has 1 aromatic rings. The maximum Gasteiger partial charge on any atom is 0.274 e. The van der Waals surface area contributed by atoms with Crippen molar-refractivity contribution in [3.8, 4) is 0 Å². The molecule has 25 heavy (non-hydrogen) atoms. The number of nitro benzene ring substituents is 1. The van der Waals surface area contributed by atoms with Crippen LogP contribution in [-0.2, 0) is 16.1 Å². The number of hydrogen-bond acceptors (Lipinski definition) is 4. The minimum Gasteiger partial charge on any atom is -0.342 e. The zero-order valence-corrected chi connectivity index (χ0v) is 14.4. The molecule has 2 fully saturated rings. The van der Waals surface area contributed by atoms with Crippen molar-refractivity contribution in [2.45, 2.75) is 32.2 Å².